The number of anilines is 3. The van der Waals surface area contributed by atoms with E-state index in [0.717, 1.165) is 60.7 Å². The number of nitrogens with one attached hydrogen (secondary N) is 1. The Morgan fingerprint density at radius 3 is 2.73 bits per heavy atom. The number of hydrogen-bond acceptors (Lipinski definition) is 4. The summed E-state index contributed by atoms with van der Waals surface area (Å²) in [5.74, 6) is 1.86. The normalized spacial score (nSPS) is 22.2. The minimum atomic E-state index is 0.0874. The average molecular weight is 353 g/mol. The molecule has 3 N–H and O–H groups in total. The molecule has 1 aromatic carbocycles. The third-order valence-corrected chi connectivity index (χ3v) is 5.91. The number of aromatic nitrogens is 2. The molecule has 1 aliphatic heterocycles. The van der Waals surface area contributed by atoms with Crippen molar-refractivity contribution in [2.75, 3.05) is 16.8 Å². The molecule has 0 radical (unpaired) electrons. The zero-order valence-electron chi connectivity index (χ0n) is 15.5. The van der Waals surface area contributed by atoms with Crippen LogP contribution in [0.4, 0.5) is 17.2 Å². The predicted octanol–water partition coefficient (Wildman–Crippen LogP) is 3.08. The van der Waals surface area contributed by atoms with Gasteiger partial charge in [0.1, 0.15) is 5.82 Å². The molecule has 6 nitrogen and oxygen atoms in total. The summed E-state index contributed by atoms with van der Waals surface area (Å²) in [5.41, 5.74) is 9.78. The lowest BCUT2D eigenvalue weighted by Crippen LogP contribution is -2.38. The largest absolute Gasteiger partial charge is 0.338 e. The van der Waals surface area contributed by atoms with Crippen LogP contribution in [-0.4, -0.2) is 22.2 Å². The van der Waals surface area contributed by atoms with Gasteiger partial charge in [-0.25, -0.2) is 0 Å². The van der Waals surface area contributed by atoms with Gasteiger partial charge in [-0.3, -0.25) is 9.48 Å². The fourth-order valence-corrected chi connectivity index (χ4v) is 4.30. The second-order valence-electron chi connectivity index (χ2n) is 7.56. The molecular weight excluding hydrogens is 326 g/mol. The highest BCUT2D eigenvalue weighted by Crippen LogP contribution is 2.39. The highest BCUT2D eigenvalue weighted by atomic mass is 16.2. The molecule has 26 heavy (non-hydrogen) atoms. The van der Waals surface area contributed by atoms with Gasteiger partial charge in [-0.05, 0) is 57.2 Å². The Hall–Kier alpha value is -2.34. The van der Waals surface area contributed by atoms with Crippen LogP contribution >= 0.6 is 0 Å². The van der Waals surface area contributed by atoms with Gasteiger partial charge in [0.15, 0.2) is 0 Å². The van der Waals surface area contributed by atoms with Crippen molar-refractivity contribution in [3.8, 4) is 0 Å². The van der Waals surface area contributed by atoms with Crippen LogP contribution in [0.25, 0.3) is 0 Å². The van der Waals surface area contributed by atoms with Gasteiger partial charge >= 0.3 is 0 Å². The molecule has 0 bridgehead atoms. The Kier molecular flexibility index (Phi) is 4.44. The number of fused-ring (bicyclic) bond motifs is 2. The first-order valence-electron chi connectivity index (χ1n) is 9.48. The molecule has 0 unspecified atom stereocenters. The van der Waals surface area contributed by atoms with Gasteiger partial charge in [0, 0.05) is 18.5 Å². The van der Waals surface area contributed by atoms with E-state index in [4.69, 9.17) is 5.73 Å². The Morgan fingerprint density at radius 1 is 1.27 bits per heavy atom. The first-order chi connectivity index (χ1) is 12.6. The van der Waals surface area contributed by atoms with Gasteiger partial charge in [0.25, 0.3) is 0 Å². The second-order valence-corrected chi connectivity index (χ2v) is 7.56. The van der Waals surface area contributed by atoms with E-state index in [2.05, 4.69) is 10.4 Å². The lowest BCUT2D eigenvalue weighted by molar-refractivity contribution is -0.123. The maximum absolute atomic E-state index is 13.4. The number of carbonyl (C=O) groups is 1. The standard InChI is InChI=1S/C20H27N5O/c1-13-16-12-25(20(26)15-9-7-14(11-21)8-10-15)18-6-4-3-5-17(18)22-19(16)24(2)23-13/h3-6,14-15,22H,7-12,21H2,1-2H3. The van der Waals surface area contributed by atoms with E-state index >= 15 is 0 Å². The van der Waals surface area contributed by atoms with E-state index in [0.29, 0.717) is 12.5 Å². The second kappa shape index (κ2) is 6.76. The summed E-state index contributed by atoms with van der Waals surface area (Å²) in [4.78, 5) is 15.4. The summed E-state index contributed by atoms with van der Waals surface area (Å²) in [5, 5.41) is 8.02. The van der Waals surface area contributed by atoms with Gasteiger partial charge in [0.2, 0.25) is 5.91 Å². The van der Waals surface area contributed by atoms with Gasteiger partial charge in [-0.15, -0.1) is 0 Å². The van der Waals surface area contributed by atoms with Crippen molar-refractivity contribution >= 4 is 23.1 Å². The molecule has 1 saturated carbocycles. The zero-order chi connectivity index (χ0) is 18.3. The Balaban J connectivity index is 1.68. The molecule has 1 aromatic heterocycles. The van der Waals surface area contributed by atoms with Gasteiger partial charge < -0.3 is 16.0 Å². The topological polar surface area (TPSA) is 76.2 Å². The van der Waals surface area contributed by atoms with Crippen molar-refractivity contribution in [3.63, 3.8) is 0 Å². The summed E-state index contributed by atoms with van der Waals surface area (Å²) in [6.45, 7) is 3.30. The van der Waals surface area contributed by atoms with Crippen LogP contribution < -0.4 is 16.0 Å². The number of rotatable bonds is 2. The maximum Gasteiger partial charge on any atom is 0.230 e. The summed E-state index contributed by atoms with van der Waals surface area (Å²) in [6, 6.07) is 8.04. The molecular formula is C20H27N5O. The molecule has 6 heteroatoms. The van der Waals surface area contributed by atoms with E-state index in [-0.39, 0.29) is 11.8 Å². The quantitative estimate of drug-likeness (QED) is 0.870. The van der Waals surface area contributed by atoms with E-state index in [1.54, 1.807) is 0 Å². The van der Waals surface area contributed by atoms with Crippen LogP contribution in [0, 0.1) is 18.8 Å². The molecule has 1 aliphatic carbocycles. The highest BCUT2D eigenvalue weighted by molar-refractivity contribution is 5.99. The summed E-state index contributed by atoms with van der Waals surface area (Å²) < 4.78 is 1.86. The number of carbonyl (C=O) groups excluding carboxylic acids is 1. The van der Waals surface area contributed by atoms with Crippen LogP contribution in [0.5, 0.6) is 0 Å². The Labute approximate surface area is 154 Å². The van der Waals surface area contributed by atoms with Crippen molar-refractivity contribution in [2.24, 2.45) is 24.6 Å². The third kappa shape index (κ3) is 2.88. The minimum absolute atomic E-state index is 0.0874. The molecule has 2 aromatic rings. The van der Waals surface area contributed by atoms with Crippen LogP contribution in [0.2, 0.25) is 0 Å². The lowest BCUT2D eigenvalue weighted by atomic mass is 9.81. The average Bonchev–Trinajstić information content (AvgIpc) is 2.84. The van der Waals surface area contributed by atoms with E-state index < -0.39 is 0 Å². The first-order valence-corrected chi connectivity index (χ1v) is 9.48. The van der Waals surface area contributed by atoms with Crippen molar-refractivity contribution in [2.45, 2.75) is 39.2 Å². The van der Waals surface area contributed by atoms with Crippen LogP contribution in [0.1, 0.15) is 36.9 Å². The third-order valence-electron chi connectivity index (χ3n) is 5.91. The van der Waals surface area contributed by atoms with Crippen molar-refractivity contribution in [1.82, 2.24) is 9.78 Å². The number of hydrogen-bond donors (Lipinski definition) is 2. The number of aryl methyl sites for hydroxylation is 2. The van der Waals surface area contributed by atoms with Crippen molar-refractivity contribution in [3.05, 3.63) is 35.5 Å². The number of nitrogens with zero attached hydrogens (tertiary/aromatic N) is 3. The zero-order valence-corrected chi connectivity index (χ0v) is 15.5. The number of amides is 1. The molecule has 1 amide bonds. The molecule has 2 heterocycles. The molecule has 0 atom stereocenters. The SMILES string of the molecule is Cc1nn(C)c2c1CN(C(=O)C1CCC(CN)CC1)c1ccccc1N2. The van der Waals surface area contributed by atoms with Crippen LogP contribution in [0.3, 0.4) is 0 Å². The highest BCUT2D eigenvalue weighted by Gasteiger charge is 2.33. The van der Waals surface area contributed by atoms with E-state index in [1.807, 2.05) is 47.8 Å². The van der Waals surface area contributed by atoms with Crippen LogP contribution in [-0.2, 0) is 18.4 Å². The fraction of sp³-hybridized carbons (Fsp3) is 0.500. The number of nitrogens with two attached hydrogens (primary N) is 1. The monoisotopic (exact) mass is 353 g/mol. The number of benzene rings is 1. The summed E-state index contributed by atoms with van der Waals surface area (Å²) in [7, 11) is 1.94. The first kappa shape index (κ1) is 17.1. The Morgan fingerprint density at radius 2 is 2.00 bits per heavy atom. The predicted molar refractivity (Wildman–Crippen MR) is 103 cm³/mol. The maximum atomic E-state index is 13.4. The Bertz CT molecular complexity index is 820. The van der Waals surface area contributed by atoms with Crippen molar-refractivity contribution < 1.29 is 4.79 Å². The molecule has 0 saturated heterocycles. The summed E-state index contributed by atoms with van der Waals surface area (Å²) >= 11 is 0. The van der Waals surface area contributed by atoms with Crippen LogP contribution in [0.15, 0.2) is 24.3 Å². The van der Waals surface area contributed by atoms with Gasteiger partial charge in [0.05, 0.1) is 23.6 Å². The molecule has 138 valence electrons. The van der Waals surface area contributed by atoms with E-state index in [1.165, 1.54) is 0 Å². The van der Waals surface area contributed by atoms with E-state index in [9.17, 15) is 4.79 Å². The minimum Gasteiger partial charge on any atom is -0.338 e. The molecule has 0 spiro atoms. The van der Waals surface area contributed by atoms with Gasteiger partial charge in [-0.1, -0.05) is 12.1 Å². The van der Waals surface area contributed by atoms with Crippen molar-refractivity contribution in [1.29, 1.82) is 0 Å². The fourth-order valence-electron chi connectivity index (χ4n) is 4.30. The van der Waals surface area contributed by atoms with Gasteiger partial charge in [-0.2, -0.15) is 5.10 Å². The lowest BCUT2D eigenvalue weighted by Gasteiger charge is -2.31. The number of para-hydroxylation sites is 2. The summed E-state index contributed by atoms with van der Waals surface area (Å²) in [6.07, 6.45) is 3.98. The molecule has 2 aliphatic rings. The molecule has 1 fully saturated rings. The smallest absolute Gasteiger partial charge is 0.230 e. The molecule has 4 rings (SSSR count).